The third-order valence-electron chi connectivity index (χ3n) is 1.92. The summed E-state index contributed by atoms with van der Waals surface area (Å²) in [4.78, 5) is 15.7. The first-order valence-corrected chi connectivity index (χ1v) is 5.10. The van der Waals surface area contributed by atoms with Crippen molar-refractivity contribution in [2.75, 3.05) is 6.61 Å². The average molecular weight is 266 g/mol. The third-order valence-corrected chi connectivity index (χ3v) is 1.92. The molecule has 6 nitrogen and oxygen atoms in total. The first kappa shape index (κ1) is 14.3. The Morgan fingerprint density at radius 3 is 2.78 bits per heavy atom. The zero-order chi connectivity index (χ0) is 13.8. The highest BCUT2D eigenvalue weighted by Gasteiger charge is 2.36. The van der Waals surface area contributed by atoms with Crippen molar-refractivity contribution in [3.8, 4) is 0 Å². The monoisotopic (exact) mass is 266 g/mol. The van der Waals surface area contributed by atoms with Crippen LogP contribution in [0.1, 0.15) is 18.2 Å². The van der Waals surface area contributed by atoms with E-state index >= 15 is 0 Å². The highest BCUT2D eigenvalue weighted by molar-refractivity contribution is 5.72. The van der Waals surface area contributed by atoms with E-state index in [2.05, 4.69) is 15.3 Å². The third kappa shape index (κ3) is 3.91. The van der Waals surface area contributed by atoms with Gasteiger partial charge in [-0.05, 0) is 6.92 Å². The maximum absolute atomic E-state index is 12.6. The van der Waals surface area contributed by atoms with Crippen LogP contribution in [0.15, 0.2) is 6.20 Å². The van der Waals surface area contributed by atoms with Crippen LogP contribution in [0.4, 0.5) is 18.0 Å². The molecule has 0 aromatic carbocycles. The molecule has 0 aliphatic carbocycles. The van der Waals surface area contributed by atoms with Gasteiger partial charge in [0.2, 0.25) is 0 Å². The van der Waals surface area contributed by atoms with Gasteiger partial charge in [-0.2, -0.15) is 18.3 Å². The van der Waals surface area contributed by atoms with E-state index in [-0.39, 0.29) is 18.7 Å². The number of alkyl halides is 3. The van der Waals surface area contributed by atoms with E-state index in [1.54, 1.807) is 6.92 Å². The average Bonchev–Trinajstić information content (AvgIpc) is 2.65. The Morgan fingerprint density at radius 1 is 1.56 bits per heavy atom. The lowest BCUT2D eigenvalue weighted by atomic mass is 10.2. The molecule has 0 aliphatic rings. The Labute approximate surface area is 101 Å². The number of carbonyl (C=O) groups excluding carboxylic acids is 1. The van der Waals surface area contributed by atoms with Crippen molar-refractivity contribution >= 4 is 6.03 Å². The lowest BCUT2D eigenvalue weighted by Gasteiger charge is -2.08. The van der Waals surface area contributed by atoms with Gasteiger partial charge in [-0.3, -0.25) is 9.52 Å². The SMILES string of the molecule is CCONC(=O)NCc1cn(C)nc1C(F)(F)F. The van der Waals surface area contributed by atoms with Crippen molar-refractivity contribution in [1.82, 2.24) is 20.6 Å². The van der Waals surface area contributed by atoms with E-state index in [4.69, 9.17) is 0 Å². The number of hydrogen-bond acceptors (Lipinski definition) is 3. The van der Waals surface area contributed by atoms with Crippen LogP contribution in [0.25, 0.3) is 0 Å². The van der Waals surface area contributed by atoms with E-state index < -0.39 is 17.9 Å². The number of hydroxylamine groups is 1. The minimum Gasteiger partial charge on any atom is -0.332 e. The molecule has 0 radical (unpaired) electrons. The summed E-state index contributed by atoms with van der Waals surface area (Å²) in [6.45, 7) is 1.62. The van der Waals surface area contributed by atoms with Gasteiger partial charge in [0.05, 0.1) is 6.61 Å². The normalized spacial score (nSPS) is 11.4. The maximum Gasteiger partial charge on any atom is 0.435 e. The summed E-state index contributed by atoms with van der Waals surface area (Å²) in [6, 6.07) is -0.714. The van der Waals surface area contributed by atoms with Gasteiger partial charge in [0, 0.05) is 25.4 Å². The van der Waals surface area contributed by atoms with Crippen LogP contribution < -0.4 is 10.8 Å². The molecule has 0 aliphatic heterocycles. The molecule has 1 aromatic rings. The Kier molecular flexibility index (Phi) is 4.54. The molecule has 0 fully saturated rings. The van der Waals surface area contributed by atoms with Crippen molar-refractivity contribution in [3.05, 3.63) is 17.5 Å². The quantitative estimate of drug-likeness (QED) is 0.804. The van der Waals surface area contributed by atoms with E-state index in [1.165, 1.54) is 13.2 Å². The van der Waals surface area contributed by atoms with E-state index in [0.717, 1.165) is 4.68 Å². The van der Waals surface area contributed by atoms with Gasteiger partial charge < -0.3 is 5.32 Å². The van der Waals surface area contributed by atoms with Gasteiger partial charge in [-0.15, -0.1) is 0 Å². The van der Waals surface area contributed by atoms with E-state index in [1.807, 2.05) is 5.48 Å². The second kappa shape index (κ2) is 5.71. The lowest BCUT2D eigenvalue weighted by Crippen LogP contribution is -2.35. The number of hydrogen-bond donors (Lipinski definition) is 2. The van der Waals surface area contributed by atoms with Gasteiger partial charge in [-0.1, -0.05) is 0 Å². The predicted octanol–water partition coefficient (Wildman–Crippen LogP) is 1.19. The van der Waals surface area contributed by atoms with Crippen LogP contribution in [0.2, 0.25) is 0 Å². The molecule has 102 valence electrons. The Balaban J connectivity index is 2.65. The zero-order valence-electron chi connectivity index (χ0n) is 9.84. The number of amides is 2. The predicted molar refractivity (Wildman–Crippen MR) is 55.2 cm³/mol. The summed E-state index contributed by atoms with van der Waals surface area (Å²) >= 11 is 0. The first-order valence-electron chi connectivity index (χ1n) is 5.10. The van der Waals surface area contributed by atoms with Gasteiger partial charge in [0.25, 0.3) is 0 Å². The van der Waals surface area contributed by atoms with Gasteiger partial charge in [0.15, 0.2) is 5.69 Å². The van der Waals surface area contributed by atoms with Crippen LogP contribution in [0, 0.1) is 0 Å². The fourth-order valence-electron chi connectivity index (χ4n) is 1.25. The molecule has 2 N–H and O–H groups in total. The van der Waals surface area contributed by atoms with Crippen molar-refractivity contribution < 1.29 is 22.8 Å². The highest BCUT2D eigenvalue weighted by atomic mass is 19.4. The minimum absolute atomic E-state index is 0.114. The topological polar surface area (TPSA) is 68.2 Å². The van der Waals surface area contributed by atoms with Gasteiger partial charge in [-0.25, -0.2) is 10.3 Å². The summed E-state index contributed by atoms with van der Waals surface area (Å²) < 4.78 is 38.7. The highest BCUT2D eigenvalue weighted by Crippen LogP contribution is 2.30. The second-order valence-corrected chi connectivity index (χ2v) is 3.39. The molecule has 0 saturated carbocycles. The number of carbonyl (C=O) groups is 1. The summed E-state index contributed by atoms with van der Waals surface area (Å²) in [5, 5.41) is 5.54. The molecule has 18 heavy (non-hydrogen) atoms. The number of nitrogens with zero attached hydrogens (tertiary/aromatic N) is 2. The molecule has 0 bridgehead atoms. The largest absolute Gasteiger partial charge is 0.435 e. The molecule has 9 heteroatoms. The van der Waals surface area contributed by atoms with E-state index in [0.29, 0.717) is 0 Å². The smallest absolute Gasteiger partial charge is 0.332 e. The molecule has 0 spiro atoms. The molecule has 0 unspecified atom stereocenters. The molecular weight excluding hydrogens is 253 g/mol. The zero-order valence-corrected chi connectivity index (χ0v) is 9.84. The Morgan fingerprint density at radius 2 is 2.22 bits per heavy atom. The van der Waals surface area contributed by atoms with Crippen LogP contribution in [-0.4, -0.2) is 22.4 Å². The molecular formula is C9H13F3N4O2. The molecule has 0 saturated heterocycles. The van der Waals surface area contributed by atoms with Gasteiger partial charge in [0.1, 0.15) is 0 Å². The summed E-state index contributed by atoms with van der Waals surface area (Å²) in [7, 11) is 1.37. The Bertz CT molecular complexity index is 416. The number of urea groups is 1. The van der Waals surface area contributed by atoms with Crippen LogP contribution in [0.3, 0.4) is 0 Å². The second-order valence-electron chi connectivity index (χ2n) is 3.39. The molecule has 1 rings (SSSR count). The Hall–Kier alpha value is -1.77. The summed E-state index contributed by atoms with van der Waals surface area (Å²) in [5.74, 6) is 0. The fourth-order valence-corrected chi connectivity index (χ4v) is 1.25. The molecule has 1 heterocycles. The fraction of sp³-hybridized carbons (Fsp3) is 0.556. The lowest BCUT2D eigenvalue weighted by molar-refractivity contribution is -0.142. The molecule has 1 aromatic heterocycles. The minimum atomic E-state index is -4.55. The summed E-state index contributed by atoms with van der Waals surface area (Å²) in [5.41, 5.74) is 0.883. The maximum atomic E-state index is 12.6. The number of nitrogens with one attached hydrogen (secondary N) is 2. The molecule has 0 atom stereocenters. The van der Waals surface area contributed by atoms with Crippen LogP contribution in [0.5, 0.6) is 0 Å². The van der Waals surface area contributed by atoms with E-state index in [9.17, 15) is 18.0 Å². The van der Waals surface area contributed by atoms with Crippen LogP contribution in [-0.2, 0) is 24.6 Å². The van der Waals surface area contributed by atoms with Crippen molar-refractivity contribution in [3.63, 3.8) is 0 Å². The van der Waals surface area contributed by atoms with Crippen molar-refractivity contribution in [2.24, 2.45) is 7.05 Å². The summed E-state index contributed by atoms with van der Waals surface area (Å²) in [6.07, 6.45) is -3.35. The van der Waals surface area contributed by atoms with Crippen molar-refractivity contribution in [1.29, 1.82) is 0 Å². The first-order chi connectivity index (χ1) is 8.34. The molecule has 2 amide bonds. The number of aryl methyl sites for hydroxylation is 1. The number of aromatic nitrogens is 2. The van der Waals surface area contributed by atoms with Gasteiger partial charge >= 0.3 is 12.2 Å². The number of halogens is 3. The van der Waals surface area contributed by atoms with Crippen molar-refractivity contribution in [2.45, 2.75) is 19.6 Å². The standard InChI is InChI=1S/C9H13F3N4O2/c1-3-18-15-8(17)13-4-6-5-16(2)14-7(6)9(10,11)12/h5H,3-4H2,1-2H3,(H2,13,15,17). The number of rotatable bonds is 4. The van der Waals surface area contributed by atoms with Crippen LogP contribution >= 0.6 is 0 Å².